The Morgan fingerprint density at radius 3 is 2.78 bits per heavy atom. The Kier molecular flexibility index (Phi) is 4.33. The van der Waals surface area contributed by atoms with Crippen molar-refractivity contribution in [3.05, 3.63) is 30.1 Å². The van der Waals surface area contributed by atoms with Crippen molar-refractivity contribution >= 4 is 11.9 Å². The van der Waals surface area contributed by atoms with Crippen LogP contribution in [0.5, 0.6) is 5.75 Å². The highest BCUT2D eigenvalue weighted by molar-refractivity contribution is 6.07. The smallest absolute Gasteiger partial charge is 0.325 e. The molecule has 4 rings (SSSR count). The van der Waals surface area contributed by atoms with Gasteiger partial charge in [0.05, 0.1) is 13.7 Å². The number of urea groups is 1. The van der Waals surface area contributed by atoms with Crippen molar-refractivity contribution in [3.8, 4) is 17.2 Å². The normalized spacial score (nSPS) is 25.1. The summed E-state index contributed by atoms with van der Waals surface area (Å²) in [5, 5.41) is 6.86. The van der Waals surface area contributed by atoms with Gasteiger partial charge in [0, 0.05) is 5.56 Å². The molecule has 0 radical (unpaired) electrons. The minimum absolute atomic E-state index is 0.00120. The maximum absolute atomic E-state index is 13.0. The maximum atomic E-state index is 13.0. The van der Waals surface area contributed by atoms with Crippen LogP contribution in [0, 0.1) is 5.92 Å². The summed E-state index contributed by atoms with van der Waals surface area (Å²) in [6, 6.07) is 6.82. The van der Waals surface area contributed by atoms with Gasteiger partial charge < -0.3 is 14.6 Å². The number of nitrogens with zero attached hydrogens (tertiary/aromatic N) is 3. The first kappa shape index (κ1) is 17.5. The summed E-state index contributed by atoms with van der Waals surface area (Å²) in [7, 11) is 1.60. The molecular formula is C19H22N4O4. The Bertz CT molecular complexity index is 863. The van der Waals surface area contributed by atoms with Gasteiger partial charge >= 0.3 is 6.03 Å². The summed E-state index contributed by atoms with van der Waals surface area (Å²) in [5.74, 6) is 1.29. The molecule has 1 aliphatic carbocycles. The number of rotatable bonds is 4. The van der Waals surface area contributed by atoms with E-state index in [2.05, 4.69) is 15.5 Å². The number of hydrogen-bond donors (Lipinski definition) is 1. The van der Waals surface area contributed by atoms with Crippen LogP contribution in [0.25, 0.3) is 11.5 Å². The molecular weight excluding hydrogens is 348 g/mol. The number of aromatic nitrogens is 2. The van der Waals surface area contributed by atoms with Crippen molar-refractivity contribution in [2.75, 3.05) is 7.11 Å². The van der Waals surface area contributed by atoms with E-state index in [9.17, 15) is 9.59 Å². The summed E-state index contributed by atoms with van der Waals surface area (Å²) in [5.41, 5.74) is -0.0399. The number of imide groups is 1. The van der Waals surface area contributed by atoms with Gasteiger partial charge in [-0.25, -0.2) is 4.79 Å². The van der Waals surface area contributed by atoms with E-state index >= 15 is 0 Å². The Balaban J connectivity index is 1.52. The highest BCUT2D eigenvalue weighted by Gasteiger charge is 2.55. The second kappa shape index (κ2) is 6.68. The first-order valence-electron chi connectivity index (χ1n) is 9.14. The van der Waals surface area contributed by atoms with Crippen LogP contribution in [0.3, 0.4) is 0 Å². The number of benzene rings is 1. The van der Waals surface area contributed by atoms with Crippen LogP contribution in [0.15, 0.2) is 28.8 Å². The molecule has 1 spiro atoms. The zero-order chi connectivity index (χ0) is 19.0. The number of nitrogens with one attached hydrogen (secondary N) is 1. The molecule has 142 valence electrons. The maximum Gasteiger partial charge on any atom is 0.325 e. The molecule has 1 aromatic heterocycles. The van der Waals surface area contributed by atoms with Crippen molar-refractivity contribution in [3.63, 3.8) is 0 Å². The first-order valence-corrected chi connectivity index (χ1v) is 9.14. The van der Waals surface area contributed by atoms with Gasteiger partial charge in [0.1, 0.15) is 11.3 Å². The lowest BCUT2D eigenvalue weighted by Gasteiger charge is -2.36. The SMILES string of the molecule is COc1ccc(-c2nc(CN3C(=O)N[C@@]4(CCCC[C@@H]4C)C3=O)no2)cc1. The Labute approximate surface area is 156 Å². The van der Waals surface area contributed by atoms with E-state index in [0.29, 0.717) is 18.1 Å². The van der Waals surface area contributed by atoms with E-state index in [4.69, 9.17) is 9.26 Å². The fourth-order valence-corrected chi connectivity index (χ4v) is 3.95. The lowest BCUT2D eigenvalue weighted by molar-refractivity contribution is -0.134. The third kappa shape index (κ3) is 2.94. The van der Waals surface area contributed by atoms with Gasteiger partial charge in [-0.2, -0.15) is 4.98 Å². The number of carbonyl (C=O) groups is 2. The van der Waals surface area contributed by atoms with Crippen LogP contribution in [0.1, 0.15) is 38.4 Å². The Morgan fingerprint density at radius 2 is 2.07 bits per heavy atom. The minimum Gasteiger partial charge on any atom is -0.497 e. The van der Waals surface area contributed by atoms with E-state index in [-0.39, 0.29) is 24.4 Å². The van der Waals surface area contributed by atoms with Crippen LogP contribution < -0.4 is 10.1 Å². The average molecular weight is 370 g/mol. The molecule has 1 N–H and O–H groups in total. The summed E-state index contributed by atoms with van der Waals surface area (Å²) >= 11 is 0. The van der Waals surface area contributed by atoms with Gasteiger partial charge in [-0.3, -0.25) is 9.69 Å². The largest absolute Gasteiger partial charge is 0.497 e. The summed E-state index contributed by atoms with van der Waals surface area (Å²) in [6.45, 7) is 2.02. The van der Waals surface area contributed by atoms with E-state index in [0.717, 1.165) is 30.6 Å². The third-order valence-corrected chi connectivity index (χ3v) is 5.61. The third-order valence-electron chi connectivity index (χ3n) is 5.61. The molecule has 1 saturated carbocycles. The van der Waals surface area contributed by atoms with Crippen LogP contribution in [0.4, 0.5) is 4.79 Å². The Morgan fingerprint density at radius 1 is 1.30 bits per heavy atom. The molecule has 3 amide bonds. The molecule has 1 saturated heterocycles. The zero-order valence-electron chi connectivity index (χ0n) is 15.4. The zero-order valence-corrected chi connectivity index (χ0v) is 15.4. The summed E-state index contributed by atoms with van der Waals surface area (Å²) in [4.78, 5) is 31.0. The molecule has 2 heterocycles. The lowest BCUT2D eigenvalue weighted by Crippen LogP contribution is -2.53. The molecule has 8 heteroatoms. The molecule has 27 heavy (non-hydrogen) atoms. The molecule has 1 aromatic carbocycles. The van der Waals surface area contributed by atoms with E-state index in [1.165, 1.54) is 4.90 Å². The van der Waals surface area contributed by atoms with Gasteiger partial charge in [0.15, 0.2) is 5.82 Å². The van der Waals surface area contributed by atoms with Crippen LogP contribution in [0.2, 0.25) is 0 Å². The van der Waals surface area contributed by atoms with Crippen molar-refractivity contribution in [2.45, 2.75) is 44.7 Å². The average Bonchev–Trinajstić information content (AvgIpc) is 3.24. The number of ether oxygens (including phenoxy) is 1. The fraction of sp³-hybridized carbons (Fsp3) is 0.474. The van der Waals surface area contributed by atoms with Crippen molar-refractivity contribution in [1.29, 1.82) is 0 Å². The molecule has 2 atom stereocenters. The second-order valence-corrected chi connectivity index (χ2v) is 7.18. The lowest BCUT2D eigenvalue weighted by atomic mass is 9.73. The van der Waals surface area contributed by atoms with Gasteiger partial charge in [-0.15, -0.1) is 0 Å². The van der Waals surface area contributed by atoms with Crippen LogP contribution in [-0.4, -0.2) is 39.6 Å². The van der Waals surface area contributed by atoms with Gasteiger partial charge in [0.25, 0.3) is 11.8 Å². The topological polar surface area (TPSA) is 97.6 Å². The standard InChI is InChI=1S/C19H22N4O4/c1-12-5-3-4-10-19(12)17(24)23(18(25)21-19)11-15-20-16(27-22-15)13-6-8-14(26-2)9-7-13/h6-9,12H,3-5,10-11H2,1-2H3,(H,21,25)/t12-,19+/m0/s1. The molecule has 8 nitrogen and oxygen atoms in total. The van der Waals surface area contributed by atoms with Gasteiger partial charge in [-0.05, 0) is 43.0 Å². The molecule has 2 fully saturated rings. The number of methoxy groups -OCH3 is 1. The van der Waals surface area contributed by atoms with Gasteiger partial charge in [0.2, 0.25) is 0 Å². The van der Waals surface area contributed by atoms with E-state index in [1.807, 2.05) is 19.1 Å². The van der Waals surface area contributed by atoms with Crippen molar-refractivity contribution in [2.24, 2.45) is 5.92 Å². The van der Waals surface area contributed by atoms with Gasteiger partial charge in [-0.1, -0.05) is 24.9 Å². The molecule has 0 unspecified atom stereocenters. The highest BCUT2D eigenvalue weighted by atomic mass is 16.5. The highest BCUT2D eigenvalue weighted by Crippen LogP contribution is 2.38. The van der Waals surface area contributed by atoms with Crippen LogP contribution >= 0.6 is 0 Å². The molecule has 0 bridgehead atoms. The number of amides is 3. The fourth-order valence-electron chi connectivity index (χ4n) is 3.95. The molecule has 1 aliphatic heterocycles. The van der Waals surface area contributed by atoms with E-state index in [1.54, 1.807) is 19.2 Å². The summed E-state index contributed by atoms with van der Waals surface area (Å²) in [6.07, 6.45) is 3.64. The minimum atomic E-state index is -0.780. The predicted octanol–water partition coefficient (Wildman–Crippen LogP) is 2.75. The first-order chi connectivity index (χ1) is 13.0. The monoisotopic (exact) mass is 370 g/mol. The van der Waals surface area contributed by atoms with Crippen molar-refractivity contribution < 1.29 is 18.8 Å². The Hall–Kier alpha value is -2.90. The summed E-state index contributed by atoms with van der Waals surface area (Å²) < 4.78 is 10.4. The van der Waals surface area contributed by atoms with E-state index < -0.39 is 5.54 Å². The molecule has 2 aliphatic rings. The molecule has 2 aromatic rings. The second-order valence-electron chi connectivity index (χ2n) is 7.18. The quantitative estimate of drug-likeness (QED) is 0.831. The number of hydrogen-bond acceptors (Lipinski definition) is 6. The van der Waals surface area contributed by atoms with Crippen molar-refractivity contribution in [1.82, 2.24) is 20.4 Å². The van der Waals surface area contributed by atoms with Crippen LogP contribution in [-0.2, 0) is 11.3 Å². The predicted molar refractivity (Wildman–Crippen MR) is 95.7 cm³/mol. The number of carbonyl (C=O) groups excluding carboxylic acids is 2.